The molecule has 98 heavy (non-hydrogen) atoms. The van der Waals surface area contributed by atoms with Gasteiger partial charge in [0, 0.05) is 96.8 Å². The van der Waals surface area contributed by atoms with Gasteiger partial charge in [0.25, 0.3) is 0 Å². The van der Waals surface area contributed by atoms with Crippen LogP contribution in [0.15, 0.2) is 347 Å². The molecule has 0 radical (unpaired) electrons. The van der Waals surface area contributed by atoms with E-state index in [1.165, 1.54) is 139 Å². The van der Waals surface area contributed by atoms with Crippen LogP contribution < -0.4 is 9.80 Å². The molecule has 0 spiro atoms. The molecule has 0 aliphatic carbocycles. The number of aromatic nitrogens is 4. The van der Waals surface area contributed by atoms with Gasteiger partial charge in [0.15, 0.2) is 0 Å². The van der Waals surface area contributed by atoms with Crippen LogP contribution in [0.5, 0.6) is 0 Å². The zero-order chi connectivity index (χ0) is 63.8. The van der Waals surface area contributed by atoms with Crippen molar-refractivity contribution in [3.63, 3.8) is 0 Å². The zero-order valence-corrected chi connectivity index (χ0v) is 54.3. The standard InChI is InChI=1S/C90H54N6S2/c1-2-20-62-61(19-1)63-43-37-55(95-83-45-39-57(91-75-29-11-3-21-65(75)66-22-4-12-30-76(66)91)51-87(83)97-88-52-58(40-46-84(88)95)92-77-31-13-5-23-67(77)68-24-6-14-32-78(68)92)49-73(63)74-50-56(38-44-64(62)74)96-85-47-41-59(93-79-33-15-7-25-69(79)70-26-8-16-34-80(70)93)53-89(85)98-90-54-60(42-48-86(90)96)94-81-35-17-9-27-71(81)72-28-10-18-36-82(72)94/h1-54H. The summed E-state index contributed by atoms with van der Waals surface area (Å²) in [6.07, 6.45) is 0. The molecule has 456 valence electrons. The van der Waals surface area contributed by atoms with E-state index in [4.69, 9.17) is 0 Å². The summed E-state index contributed by atoms with van der Waals surface area (Å²) in [6.45, 7) is 0. The lowest BCUT2D eigenvalue weighted by atomic mass is 9.93. The fourth-order valence-corrected chi connectivity index (χ4v) is 18.9. The summed E-state index contributed by atoms with van der Waals surface area (Å²) < 4.78 is 9.77. The van der Waals surface area contributed by atoms with E-state index in [2.05, 4.69) is 356 Å². The van der Waals surface area contributed by atoms with Crippen molar-refractivity contribution in [3.05, 3.63) is 328 Å². The normalized spacial score (nSPS) is 13.0. The summed E-state index contributed by atoms with van der Waals surface area (Å²) in [5, 5.41) is 17.3. The second-order valence-corrected chi connectivity index (χ2v) is 28.1. The molecule has 2 aliphatic rings. The van der Waals surface area contributed by atoms with Crippen LogP contribution in [0.1, 0.15) is 0 Å². The minimum atomic E-state index is 1.09. The third-order valence-corrected chi connectivity index (χ3v) is 23.0. The van der Waals surface area contributed by atoms with Gasteiger partial charge in [-0.15, -0.1) is 0 Å². The Labute approximate surface area is 571 Å². The molecule has 8 heteroatoms. The largest absolute Gasteiger partial charge is 0.309 e. The summed E-state index contributed by atoms with van der Waals surface area (Å²) in [4.78, 5) is 9.79. The van der Waals surface area contributed by atoms with Crippen molar-refractivity contribution in [2.24, 2.45) is 0 Å². The molecule has 20 aromatic rings. The number of hydrogen-bond donors (Lipinski definition) is 0. The molecule has 0 bridgehead atoms. The maximum atomic E-state index is 2.52. The van der Waals surface area contributed by atoms with E-state index in [9.17, 15) is 0 Å². The van der Waals surface area contributed by atoms with E-state index >= 15 is 0 Å². The van der Waals surface area contributed by atoms with E-state index in [-0.39, 0.29) is 0 Å². The highest BCUT2D eigenvalue weighted by atomic mass is 32.2. The Morgan fingerprint density at radius 3 is 0.582 bits per heavy atom. The van der Waals surface area contributed by atoms with Crippen molar-refractivity contribution in [3.8, 4) is 22.7 Å². The Balaban J connectivity index is 0.756. The maximum absolute atomic E-state index is 2.52. The molecule has 0 fully saturated rings. The average molecular weight is 1280 g/mol. The molecule has 0 N–H and O–H groups in total. The lowest BCUT2D eigenvalue weighted by molar-refractivity contribution is 1.11. The number of nitrogens with zero attached hydrogens (tertiary/aromatic N) is 6. The molecule has 16 aromatic carbocycles. The highest BCUT2D eigenvalue weighted by Gasteiger charge is 2.31. The van der Waals surface area contributed by atoms with Gasteiger partial charge in [0.1, 0.15) is 0 Å². The third-order valence-electron chi connectivity index (χ3n) is 20.9. The number of rotatable bonds is 6. The zero-order valence-electron chi connectivity index (χ0n) is 52.7. The first-order chi connectivity index (χ1) is 48.6. The molecule has 6 heterocycles. The maximum Gasteiger partial charge on any atom is 0.0603 e. The van der Waals surface area contributed by atoms with Gasteiger partial charge in [-0.05, 0) is 178 Å². The molecule has 0 amide bonds. The van der Waals surface area contributed by atoms with Crippen molar-refractivity contribution in [2.45, 2.75) is 19.6 Å². The van der Waals surface area contributed by atoms with Crippen LogP contribution in [0.2, 0.25) is 0 Å². The third kappa shape index (κ3) is 7.72. The van der Waals surface area contributed by atoms with Crippen molar-refractivity contribution < 1.29 is 0 Å². The molecule has 2 aliphatic heterocycles. The average Bonchev–Trinajstić information content (AvgIpc) is 1.21. The minimum absolute atomic E-state index is 1.09. The van der Waals surface area contributed by atoms with E-state index in [1.54, 1.807) is 0 Å². The Bertz CT molecular complexity index is 5910. The summed E-state index contributed by atoms with van der Waals surface area (Å²) in [7, 11) is 0. The van der Waals surface area contributed by atoms with E-state index < -0.39 is 0 Å². The molecule has 6 nitrogen and oxygen atoms in total. The fourth-order valence-electron chi connectivity index (χ4n) is 16.7. The molecule has 22 rings (SSSR count). The summed E-state index contributed by atoms with van der Waals surface area (Å²) >= 11 is 3.73. The quantitative estimate of drug-likeness (QED) is 0.155. The molecular weight excluding hydrogens is 1230 g/mol. The Kier molecular flexibility index (Phi) is 11.4. The van der Waals surface area contributed by atoms with Gasteiger partial charge >= 0.3 is 0 Å². The Morgan fingerprint density at radius 1 is 0.153 bits per heavy atom. The van der Waals surface area contributed by atoms with Crippen LogP contribution in [0.3, 0.4) is 0 Å². The smallest absolute Gasteiger partial charge is 0.0603 e. The second kappa shape index (κ2) is 20.7. The van der Waals surface area contributed by atoms with Crippen molar-refractivity contribution in [1.82, 2.24) is 18.3 Å². The van der Waals surface area contributed by atoms with Crippen LogP contribution in [0.25, 0.3) is 142 Å². The van der Waals surface area contributed by atoms with Gasteiger partial charge in [0.05, 0.1) is 66.9 Å². The van der Waals surface area contributed by atoms with E-state index in [1.807, 2.05) is 23.5 Å². The SMILES string of the molecule is c1ccc2c(c1)c1ccc(N3c4ccc(-n5c6ccccc6c6ccccc65)cc4Sc4cc(-n5c6ccccc6c6ccccc65)ccc43)cc1c1cc(N3c4ccc(-n5c6ccccc6c6ccccc65)cc4Sc4cc(-n5c6ccccc6c6ccccc65)ccc43)ccc21. The van der Waals surface area contributed by atoms with Crippen LogP contribution >= 0.6 is 23.5 Å². The van der Waals surface area contributed by atoms with Crippen LogP contribution in [0.4, 0.5) is 34.1 Å². The van der Waals surface area contributed by atoms with Crippen LogP contribution in [-0.4, -0.2) is 18.3 Å². The van der Waals surface area contributed by atoms with Gasteiger partial charge in [-0.2, -0.15) is 0 Å². The van der Waals surface area contributed by atoms with Crippen LogP contribution in [0, 0.1) is 0 Å². The number of anilines is 6. The van der Waals surface area contributed by atoms with Crippen molar-refractivity contribution >= 4 is 177 Å². The first-order valence-corrected chi connectivity index (χ1v) is 35.1. The summed E-state index contributed by atoms with van der Waals surface area (Å²) in [6, 6.07) is 122. The Hall–Kier alpha value is -12.2. The monoisotopic (exact) mass is 1280 g/mol. The van der Waals surface area contributed by atoms with E-state index in [0.717, 1.165) is 56.9 Å². The van der Waals surface area contributed by atoms with Gasteiger partial charge in [-0.25, -0.2) is 0 Å². The highest BCUT2D eigenvalue weighted by molar-refractivity contribution is 8.00. The molecule has 0 atom stereocenters. The number of para-hydroxylation sites is 8. The van der Waals surface area contributed by atoms with Crippen LogP contribution in [-0.2, 0) is 0 Å². The van der Waals surface area contributed by atoms with Crippen molar-refractivity contribution in [2.75, 3.05) is 9.80 Å². The lowest BCUT2D eigenvalue weighted by Crippen LogP contribution is -2.16. The Morgan fingerprint density at radius 2 is 0.347 bits per heavy atom. The lowest BCUT2D eigenvalue weighted by Gasteiger charge is -2.34. The highest BCUT2D eigenvalue weighted by Crippen LogP contribution is 2.57. The molecular formula is C90H54N6S2. The van der Waals surface area contributed by atoms with Gasteiger partial charge in [-0.3, -0.25) is 0 Å². The summed E-state index contributed by atoms with van der Waals surface area (Å²) in [5.41, 5.74) is 20.8. The number of benzene rings is 16. The van der Waals surface area contributed by atoms with Crippen molar-refractivity contribution in [1.29, 1.82) is 0 Å². The number of hydrogen-bond acceptors (Lipinski definition) is 4. The summed E-state index contributed by atoms with van der Waals surface area (Å²) in [5.74, 6) is 0. The molecule has 0 saturated carbocycles. The topological polar surface area (TPSA) is 26.2 Å². The molecule has 0 unspecified atom stereocenters. The van der Waals surface area contributed by atoms with E-state index in [0.29, 0.717) is 0 Å². The fraction of sp³-hybridized carbons (Fsp3) is 0. The second-order valence-electron chi connectivity index (χ2n) is 26.0. The van der Waals surface area contributed by atoms with Gasteiger partial charge in [0.2, 0.25) is 0 Å². The molecule has 0 saturated heterocycles. The predicted octanol–water partition coefficient (Wildman–Crippen LogP) is 25.4. The minimum Gasteiger partial charge on any atom is -0.309 e. The first-order valence-electron chi connectivity index (χ1n) is 33.5. The first kappa shape index (κ1) is 54.1. The van der Waals surface area contributed by atoms with Gasteiger partial charge < -0.3 is 28.1 Å². The number of fused-ring (bicyclic) bond motifs is 22. The predicted molar refractivity (Wildman–Crippen MR) is 414 cm³/mol. The van der Waals surface area contributed by atoms with Gasteiger partial charge in [-0.1, -0.05) is 206 Å². The molecule has 4 aromatic heterocycles.